The number of nitrogens with zero attached hydrogens (tertiary/aromatic N) is 3. The molecular weight excluding hydrogens is 278 g/mol. The van der Waals surface area contributed by atoms with E-state index in [2.05, 4.69) is 17.1 Å². The normalized spacial score (nSPS) is 11.0. The predicted molar refractivity (Wildman–Crippen MR) is 85.7 cm³/mol. The van der Waals surface area contributed by atoms with Crippen molar-refractivity contribution in [2.24, 2.45) is 0 Å². The van der Waals surface area contributed by atoms with Crippen LogP contribution in [0.3, 0.4) is 0 Å². The minimum absolute atomic E-state index is 0.174. The van der Waals surface area contributed by atoms with Crippen molar-refractivity contribution in [3.05, 3.63) is 42.0 Å². The monoisotopic (exact) mass is 297 g/mol. The Morgan fingerprint density at radius 1 is 1.09 bits per heavy atom. The van der Waals surface area contributed by atoms with Gasteiger partial charge >= 0.3 is 0 Å². The molecule has 5 heteroatoms. The maximum atomic E-state index is 10.1. The molecule has 114 valence electrons. The molecular formula is C17H19N3O2. The highest BCUT2D eigenvalue weighted by Crippen LogP contribution is 2.25. The van der Waals surface area contributed by atoms with E-state index in [1.54, 1.807) is 13.2 Å². The summed E-state index contributed by atoms with van der Waals surface area (Å²) in [7, 11) is 1.62. The molecule has 0 aliphatic rings. The third-order valence-electron chi connectivity index (χ3n) is 3.66. The molecule has 0 amide bonds. The molecule has 3 aromatic rings. The zero-order chi connectivity index (χ0) is 15.5. The van der Waals surface area contributed by atoms with Gasteiger partial charge in [-0.3, -0.25) is 0 Å². The van der Waals surface area contributed by atoms with E-state index in [-0.39, 0.29) is 5.75 Å². The van der Waals surface area contributed by atoms with Crippen LogP contribution in [0.1, 0.15) is 25.3 Å². The maximum Gasteiger partial charge on any atom is 0.143 e. The van der Waals surface area contributed by atoms with Gasteiger partial charge in [0.25, 0.3) is 0 Å². The molecule has 0 saturated heterocycles. The van der Waals surface area contributed by atoms with E-state index in [1.165, 1.54) is 10.4 Å². The first-order chi connectivity index (χ1) is 10.7. The third-order valence-corrected chi connectivity index (χ3v) is 3.66. The summed E-state index contributed by atoms with van der Waals surface area (Å²) >= 11 is 0. The molecule has 0 fully saturated rings. The molecule has 0 radical (unpaired) electrons. The summed E-state index contributed by atoms with van der Waals surface area (Å²) in [5, 5.41) is 19.0. The fourth-order valence-corrected chi connectivity index (χ4v) is 2.39. The van der Waals surface area contributed by atoms with E-state index in [0.29, 0.717) is 5.69 Å². The summed E-state index contributed by atoms with van der Waals surface area (Å²) in [6, 6.07) is 11.1. The molecule has 2 aromatic carbocycles. The standard InChI is InChI=1S/C17H19N3O2/c1-3-4-5-12-6-9-17(21)16(10-12)20-18-14-8-7-13(22-2)11-15(14)19-20/h6-11,21H,3-5H2,1-2H3. The molecule has 22 heavy (non-hydrogen) atoms. The molecule has 1 aromatic heterocycles. The van der Waals surface area contributed by atoms with Gasteiger partial charge in [-0.1, -0.05) is 19.4 Å². The van der Waals surface area contributed by atoms with E-state index >= 15 is 0 Å². The van der Waals surface area contributed by atoms with Crippen molar-refractivity contribution in [2.75, 3.05) is 7.11 Å². The van der Waals surface area contributed by atoms with Crippen LogP contribution in [0.2, 0.25) is 0 Å². The number of aromatic nitrogens is 3. The van der Waals surface area contributed by atoms with Gasteiger partial charge in [0.15, 0.2) is 0 Å². The molecule has 0 saturated carbocycles. The number of hydrogen-bond acceptors (Lipinski definition) is 4. The summed E-state index contributed by atoms with van der Waals surface area (Å²) < 4.78 is 5.20. The minimum Gasteiger partial charge on any atom is -0.506 e. The zero-order valence-corrected chi connectivity index (χ0v) is 12.8. The highest BCUT2D eigenvalue weighted by molar-refractivity contribution is 5.75. The topological polar surface area (TPSA) is 60.2 Å². The van der Waals surface area contributed by atoms with E-state index in [1.807, 2.05) is 30.3 Å². The van der Waals surface area contributed by atoms with Crippen LogP contribution in [-0.4, -0.2) is 27.2 Å². The minimum atomic E-state index is 0.174. The number of phenols is 1. The Balaban J connectivity index is 2.02. The number of phenolic OH excluding ortho intramolecular Hbond substituents is 1. The molecule has 0 aliphatic carbocycles. The average Bonchev–Trinajstić information content (AvgIpc) is 2.96. The summed E-state index contributed by atoms with van der Waals surface area (Å²) in [6.45, 7) is 2.16. The van der Waals surface area contributed by atoms with Gasteiger partial charge < -0.3 is 9.84 Å². The van der Waals surface area contributed by atoms with Crippen LogP contribution < -0.4 is 4.74 Å². The van der Waals surface area contributed by atoms with Crippen LogP contribution in [-0.2, 0) is 6.42 Å². The van der Waals surface area contributed by atoms with Crippen molar-refractivity contribution in [2.45, 2.75) is 26.2 Å². The lowest BCUT2D eigenvalue weighted by Gasteiger charge is -2.06. The zero-order valence-electron chi connectivity index (χ0n) is 12.8. The predicted octanol–water partition coefficient (Wildman–Crippen LogP) is 3.48. The molecule has 5 nitrogen and oxygen atoms in total. The first-order valence-electron chi connectivity index (χ1n) is 7.44. The number of rotatable bonds is 5. The number of methoxy groups -OCH3 is 1. The quantitative estimate of drug-likeness (QED) is 0.783. The van der Waals surface area contributed by atoms with Crippen LogP contribution in [0, 0.1) is 0 Å². The number of fused-ring (bicyclic) bond motifs is 1. The molecule has 0 unspecified atom stereocenters. The molecule has 1 N–H and O–H groups in total. The Bertz CT molecular complexity index is 796. The average molecular weight is 297 g/mol. The number of unbranched alkanes of at least 4 members (excludes halogenated alkanes) is 1. The second-order valence-electron chi connectivity index (χ2n) is 5.27. The number of benzene rings is 2. The molecule has 3 rings (SSSR count). The van der Waals surface area contributed by atoms with Crippen molar-refractivity contribution in [3.8, 4) is 17.2 Å². The van der Waals surface area contributed by atoms with Gasteiger partial charge in [-0.25, -0.2) is 0 Å². The molecule has 0 aliphatic heterocycles. The third kappa shape index (κ3) is 2.74. The van der Waals surface area contributed by atoms with Gasteiger partial charge in [0, 0.05) is 6.07 Å². The smallest absolute Gasteiger partial charge is 0.143 e. The first-order valence-corrected chi connectivity index (χ1v) is 7.44. The van der Waals surface area contributed by atoms with E-state index in [4.69, 9.17) is 4.74 Å². The van der Waals surface area contributed by atoms with Crippen LogP contribution in [0.5, 0.6) is 11.5 Å². The fraction of sp³-hybridized carbons (Fsp3) is 0.294. The largest absolute Gasteiger partial charge is 0.506 e. The first kappa shape index (κ1) is 14.4. The Kier molecular flexibility index (Phi) is 3.96. The highest BCUT2D eigenvalue weighted by Gasteiger charge is 2.10. The highest BCUT2D eigenvalue weighted by atomic mass is 16.5. The van der Waals surface area contributed by atoms with Crippen LogP contribution >= 0.6 is 0 Å². The molecule has 0 atom stereocenters. The lowest BCUT2D eigenvalue weighted by molar-refractivity contribution is 0.415. The lowest BCUT2D eigenvalue weighted by atomic mass is 10.1. The number of ether oxygens (including phenoxy) is 1. The Labute approximate surface area is 129 Å². The SMILES string of the molecule is CCCCc1ccc(O)c(-n2nc3ccc(OC)cc3n2)c1. The van der Waals surface area contributed by atoms with Crippen LogP contribution in [0.4, 0.5) is 0 Å². The van der Waals surface area contributed by atoms with Gasteiger partial charge in [-0.05, 0) is 42.7 Å². The molecule has 1 heterocycles. The summed E-state index contributed by atoms with van der Waals surface area (Å²) in [4.78, 5) is 1.48. The summed E-state index contributed by atoms with van der Waals surface area (Å²) in [6.07, 6.45) is 3.24. The Morgan fingerprint density at radius 2 is 1.91 bits per heavy atom. The fourth-order valence-electron chi connectivity index (χ4n) is 2.39. The number of hydrogen-bond donors (Lipinski definition) is 1. The van der Waals surface area contributed by atoms with Gasteiger partial charge in [-0.15, -0.1) is 15.0 Å². The summed E-state index contributed by atoms with van der Waals surface area (Å²) in [5.41, 5.74) is 3.27. The van der Waals surface area contributed by atoms with Gasteiger partial charge in [0.2, 0.25) is 0 Å². The second-order valence-corrected chi connectivity index (χ2v) is 5.27. The number of aromatic hydroxyl groups is 1. The maximum absolute atomic E-state index is 10.1. The van der Waals surface area contributed by atoms with Crippen molar-refractivity contribution >= 4 is 11.0 Å². The molecule has 0 spiro atoms. The van der Waals surface area contributed by atoms with Crippen molar-refractivity contribution in [3.63, 3.8) is 0 Å². The summed E-state index contributed by atoms with van der Waals surface area (Å²) in [5.74, 6) is 0.910. The van der Waals surface area contributed by atoms with E-state index < -0.39 is 0 Å². The van der Waals surface area contributed by atoms with Gasteiger partial charge in [0.05, 0.1) is 7.11 Å². The number of aryl methyl sites for hydroxylation is 1. The Hall–Kier alpha value is -2.56. The van der Waals surface area contributed by atoms with E-state index in [9.17, 15) is 5.11 Å². The lowest BCUT2D eigenvalue weighted by Crippen LogP contribution is -2.00. The van der Waals surface area contributed by atoms with Crippen molar-refractivity contribution in [1.29, 1.82) is 0 Å². The van der Waals surface area contributed by atoms with Gasteiger partial charge in [-0.2, -0.15) is 0 Å². The molecule has 0 bridgehead atoms. The Morgan fingerprint density at radius 3 is 2.68 bits per heavy atom. The van der Waals surface area contributed by atoms with E-state index in [0.717, 1.165) is 36.0 Å². The van der Waals surface area contributed by atoms with Crippen molar-refractivity contribution < 1.29 is 9.84 Å². The van der Waals surface area contributed by atoms with Crippen LogP contribution in [0.15, 0.2) is 36.4 Å². The van der Waals surface area contributed by atoms with Crippen molar-refractivity contribution in [1.82, 2.24) is 15.0 Å². The van der Waals surface area contributed by atoms with Gasteiger partial charge in [0.1, 0.15) is 28.2 Å². The second kappa shape index (κ2) is 6.05. The van der Waals surface area contributed by atoms with Crippen LogP contribution in [0.25, 0.3) is 16.7 Å².